The standard InChI is InChI=1S/C56H32O2/c1-3-17-35-33(14-1)16-13-26-40(35)51-41-22-7-9-24-43(41)52(44-25-10-8-23-42(44)51)45-28-29-46(38-20-6-5-19-37(38)45)53-36-18-4-2-15-34(36)32-48-54-50(58-56(48)53)31-30-47-39-21-11-12-27-49(39)57-55(47)54/h1-32H. The van der Waals surface area contributed by atoms with Crippen LogP contribution in [0.2, 0.25) is 0 Å². The van der Waals surface area contributed by atoms with Crippen molar-refractivity contribution >= 4 is 97.7 Å². The van der Waals surface area contributed by atoms with Crippen LogP contribution in [-0.2, 0) is 0 Å². The van der Waals surface area contributed by atoms with Crippen LogP contribution in [0, 0.1) is 0 Å². The van der Waals surface area contributed by atoms with E-state index in [0.29, 0.717) is 0 Å². The summed E-state index contributed by atoms with van der Waals surface area (Å²) in [6, 6.07) is 70.3. The van der Waals surface area contributed by atoms with E-state index in [2.05, 4.69) is 182 Å². The molecule has 58 heavy (non-hydrogen) atoms. The van der Waals surface area contributed by atoms with Crippen molar-refractivity contribution in [3.8, 4) is 33.4 Å². The highest BCUT2D eigenvalue weighted by atomic mass is 16.3. The number of benzene rings is 11. The average Bonchev–Trinajstić information content (AvgIpc) is 3.85. The van der Waals surface area contributed by atoms with E-state index in [1.54, 1.807) is 0 Å². The van der Waals surface area contributed by atoms with Crippen molar-refractivity contribution in [1.82, 2.24) is 0 Å². The molecule has 13 rings (SSSR count). The van der Waals surface area contributed by atoms with Gasteiger partial charge in [-0.2, -0.15) is 0 Å². The van der Waals surface area contributed by atoms with Crippen molar-refractivity contribution in [2.24, 2.45) is 0 Å². The summed E-state index contributed by atoms with van der Waals surface area (Å²) in [5.41, 5.74) is 10.7. The maximum atomic E-state index is 6.96. The predicted molar refractivity (Wildman–Crippen MR) is 245 cm³/mol. The molecule has 2 nitrogen and oxygen atoms in total. The SMILES string of the molecule is c1ccc2c(-c3c4ccccc4c(-c4ccc(-c5c6ccccc6cc6c5oc5ccc7c8ccccc8oc7c56)c5ccccc45)c4ccccc34)cccc2c1. The molecule has 0 unspecified atom stereocenters. The molecule has 0 aliphatic heterocycles. The van der Waals surface area contributed by atoms with Crippen molar-refractivity contribution < 1.29 is 8.83 Å². The van der Waals surface area contributed by atoms with Gasteiger partial charge in [-0.15, -0.1) is 0 Å². The number of hydrogen-bond acceptors (Lipinski definition) is 2. The fraction of sp³-hybridized carbons (Fsp3) is 0. The molecule has 268 valence electrons. The van der Waals surface area contributed by atoms with Gasteiger partial charge in [0.15, 0.2) is 0 Å². The lowest BCUT2D eigenvalue weighted by Crippen LogP contribution is -1.93. The van der Waals surface area contributed by atoms with Gasteiger partial charge in [-0.25, -0.2) is 0 Å². The van der Waals surface area contributed by atoms with Gasteiger partial charge in [-0.05, 0) is 106 Å². The lowest BCUT2D eigenvalue weighted by molar-refractivity contribution is 0.663. The Balaban J connectivity index is 1.12. The molecule has 0 aliphatic rings. The van der Waals surface area contributed by atoms with E-state index in [1.165, 1.54) is 65.3 Å². The summed E-state index contributed by atoms with van der Waals surface area (Å²) in [5.74, 6) is 0. The highest BCUT2D eigenvalue weighted by Gasteiger charge is 2.24. The van der Waals surface area contributed by atoms with Crippen molar-refractivity contribution in [2.75, 3.05) is 0 Å². The fourth-order valence-electron chi connectivity index (χ4n) is 10.00. The van der Waals surface area contributed by atoms with Crippen LogP contribution in [0.3, 0.4) is 0 Å². The third kappa shape index (κ3) is 4.32. The number of furan rings is 2. The monoisotopic (exact) mass is 736 g/mol. The molecular weight excluding hydrogens is 705 g/mol. The van der Waals surface area contributed by atoms with Gasteiger partial charge in [0, 0.05) is 21.7 Å². The maximum absolute atomic E-state index is 6.96. The van der Waals surface area contributed by atoms with Crippen LogP contribution >= 0.6 is 0 Å². The number of fused-ring (bicyclic) bond motifs is 12. The number of rotatable bonds is 3. The molecule has 2 heterocycles. The summed E-state index contributed by atoms with van der Waals surface area (Å²) in [6.07, 6.45) is 0. The molecule has 0 N–H and O–H groups in total. The van der Waals surface area contributed by atoms with Crippen molar-refractivity contribution in [3.05, 3.63) is 194 Å². The molecule has 0 atom stereocenters. The van der Waals surface area contributed by atoms with E-state index in [1.807, 2.05) is 12.1 Å². The minimum Gasteiger partial charge on any atom is -0.455 e. The topological polar surface area (TPSA) is 26.3 Å². The zero-order valence-electron chi connectivity index (χ0n) is 31.3. The van der Waals surface area contributed by atoms with Crippen LogP contribution in [0.1, 0.15) is 0 Å². The van der Waals surface area contributed by atoms with Crippen LogP contribution in [0.5, 0.6) is 0 Å². The van der Waals surface area contributed by atoms with Crippen LogP contribution in [-0.4, -0.2) is 0 Å². The molecule has 0 bridgehead atoms. The smallest absolute Gasteiger partial charge is 0.147 e. The van der Waals surface area contributed by atoms with Crippen LogP contribution in [0.25, 0.3) is 131 Å². The van der Waals surface area contributed by atoms with Gasteiger partial charge in [-0.3, -0.25) is 0 Å². The van der Waals surface area contributed by atoms with Gasteiger partial charge >= 0.3 is 0 Å². The highest BCUT2D eigenvalue weighted by molar-refractivity contribution is 6.29. The normalized spacial score (nSPS) is 12.1. The van der Waals surface area contributed by atoms with E-state index < -0.39 is 0 Å². The molecule has 13 aromatic rings. The van der Waals surface area contributed by atoms with Crippen LogP contribution < -0.4 is 0 Å². The third-order valence-corrected chi connectivity index (χ3v) is 12.4. The molecule has 0 fully saturated rings. The van der Waals surface area contributed by atoms with E-state index >= 15 is 0 Å². The molecule has 0 aliphatic carbocycles. The second-order valence-electron chi connectivity index (χ2n) is 15.4. The largest absolute Gasteiger partial charge is 0.455 e. The minimum absolute atomic E-state index is 0.822. The van der Waals surface area contributed by atoms with Gasteiger partial charge in [-0.1, -0.05) is 170 Å². The molecule has 0 amide bonds. The Hall–Kier alpha value is -7.68. The Bertz CT molecular complexity index is 3800. The van der Waals surface area contributed by atoms with Gasteiger partial charge in [0.25, 0.3) is 0 Å². The summed E-state index contributed by atoms with van der Waals surface area (Å²) in [5, 5.41) is 16.5. The zero-order chi connectivity index (χ0) is 37.9. The van der Waals surface area contributed by atoms with E-state index in [-0.39, 0.29) is 0 Å². The highest BCUT2D eigenvalue weighted by Crippen LogP contribution is 2.50. The molecule has 0 radical (unpaired) electrons. The Labute approximate surface area is 332 Å². The molecule has 2 aromatic heterocycles. The summed E-state index contributed by atoms with van der Waals surface area (Å²) < 4.78 is 13.5. The Morgan fingerprint density at radius 1 is 0.241 bits per heavy atom. The van der Waals surface area contributed by atoms with Gasteiger partial charge in [0.1, 0.15) is 22.3 Å². The first kappa shape index (κ1) is 31.5. The molecule has 11 aromatic carbocycles. The summed E-state index contributed by atoms with van der Waals surface area (Å²) in [7, 11) is 0. The molecule has 0 saturated carbocycles. The fourth-order valence-corrected chi connectivity index (χ4v) is 10.00. The van der Waals surface area contributed by atoms with Crippen molar-refractivity contribution in [3.63, 3.8) is 0 Å². The Kier molecular flexibility index (Phi) is 6.47. The lowest BCUT2D eigenvalue weighted by Gasteiger charge is -2.20. The van der Waals surface area contributed by atoms with Crippen LogP contribution in [0.4, 0.5) is 0 Å². The molecular formula is C56H32O2. The third-order valence-electron chi connectivity index (χ3n) is 12.4. The second-order valence-corrected chi connectivity index (χ2v) is 15.4. The van der Waals surface area contributed by atoms with Gasteiger partial charge < -0.3 is 8.83 Å². The predicted octanol–water partition coefficient (Wildman–Crippen LogP) is 16.3. The first-order chi connectivity index (χ1) is 28.8. The zero-order valence-corrected chi connectivity index (χ0v) is 31.3. The van der Waals surface area contributed by atoms with Crippen LogP contribution in [0.15, 0.2) is 203 Å². The van der Waals surface area contributed by atoms with Gasteiger partial charge in [0.05, 0.1) is 5.39 Å². The number of para-hydroxylation sites is 1. The lowest BCUT2D eigenvalue weighted by atomic mass is 9.82. The van der Waals surface area contributed by atoms with Crippen molar-refractivity contribution in [1.29, 1.82) is 0 Å². The van der Waals surface area contributed by atoms with E-state index in [4.69, 9.17) is 8.83 Å². The Morgan fingerprint density at radius 3 is 1.40 bits per heavy atom. The van der Waals surface area contributed by atoms with E-state index in [0.717, 1.165) is 65.8 Å². The molecule has 0 saturated heterocycles. The quantitative estimate of drug-likeness (QED) is 0.169. The summed E-state index contributed by atoms with van der Waals surface area (Å²) in [6.45, 7) is 0. The molecule has 2 heteroatoms. The molecule has 0 spiro atoms. The average molecular weight is 737 g/mol. The maximum Gasteiger partial charge on any atom is 0.147 e. The summed E-state index contributed by atoms with van der Waals surface area (Å²) in [4.78, 5) is 0. The summed E-state index contributed by atoms with van der Waals surface area (Å²) >= 11 is 0. The van der Waals surface area contributed by atoms with E-state index in [9.17, 15) is 0 Å². The van der Waals surface area contributed by atoms with Gasteiger partial charge in [0.2, 0.25) is 0 Å². The first-order valence-electron chi connectivity index (χ1n) is 19.9. The second kappa shape index (κ2) is 11.9. The minimum atomic E-state index is 0.822. The van der Waals surface area contributed by atoms with Crippen molar-refractivity contribution in [2.45, 2.75) is 0 Å². The number of hydrogen-bond donors (Lipinski definition) is 0. The first-order valence-corrected chi connectivity index (χ1v) is 19.9. The Morgan fingerprint density at radius 2 is 0.724 bits per heavy atom.